The van der Waals surface area contributed by atoms with Gasteiger partial charge in [0.25, 0.3) is 0 Å². The lowest BCUT2D eigenvalue weighted by Gasteiger charge is -2.32. The van der Waals surface area contributed by atoms with E-state index < -0.39 is 5.54 Å². The van der Waals surface area contributed by atoms with Crippen LogP contribution >= 0.6 is 11.3 Å². The van der Waals surface area contributed by atoms with Crippen LogP contribution in [0.5, 0.6) is 0 Å². The van der Waals surface area contributed by atoms with Crippen molar-refractivity contribution in [3.8, 4) is 0 Å². The van der Waals surface area contributed by atoms with E-state index in [-0.39, 0.29) is 11.9 Å². The second kappa shape index (κ2) is 6.39. The molecule has 1 aliphatic heterocycles. The predicted octanol–water partition coefficient (Wildman–Crippen LogP) is 2.62. The van der Waals surface area contributed by atoms with Crippen LogP contribution in [0.1, 0.15) is 37.5 Å². The van der Waals surface area contributed by atoms with Gasteiger partial charge in [0.05, 0.1) is 7.11 Å². The van der Waals surface area contributed by atoms with Crippen LogP contribution in [0.15, 0.2) is 17.5 Å². The average molecular weight is 295 g/mol. The lowest BCUT2D eigenvalue weighted by Crippen LogP contribution is -2.51. The van der Waals surface area contributed by atoms with Gasteiger partial charge in [0.1, 0.15) is 5.54 Å². The third-order valence-electron chi connectivity index (χ3n) is 3.96. The molecular weight excluding hydrogens is 274 g/mol. The molecule has 0 aromatic carbocycles. The molecule has 4 nitrogen and oxygen atoms in total. The molecule has 0 saturated carbocycles. The van der Waals surface area contributed by atoms with Crippen molar-refractivity contribution >= 4 is 23.2 Å². The monoisotopic (exact) mass is 295 g/mol. The zero-order chi connectivity index (χ0) is 14.6. The molecule has 1 aliphatic rings. The molecule has 1 saturated heterocycles. The van der Waals surface area contributed by atoms with Gasteiger partial charge in [-0.05, 0) is 44.1 Å². The Labute approximate surface area is 123 Å². The van der Waals surface area contributed by atoms with Gasteiger partial charge in [-0.1, -0.05) is 6.07 Å². The minimum Gasteiger partial charge on any atom is -0.467 e. The molecule has 0 bridgehead atoms. The number of methoxy groups -OCH3 is 1. The van der Waals surface area contributed by atoms with Crippen LogP contribution in [0.2, 0.25) is 0 Å². The Bertz CT molecular complexity index is 471. The van der Waals surface area contributed by atoms with Gasteiger partial charge in [-0.15, -0.1) is 11.3 Å². The van der Waals surface area contributed by atoms with E-state index in [0.717, 1.165) is 19.3 Å². The first-order valence-electron chi connectivity index (χ1n) is 6.99. The molecule has 0 unspecified atom stereocenters. The molecule has 1 atom stereocenters. The van der Waals surface area contributed by atoms with Gasteiger partial charge in [0.15, 0.2) is 0 Å². The number of ether oxygens (including phenoxy) is 1. The number of carbonyl (C=O) groups excluding carboxylic acids is 2. The molecule has 0 radical (unpaired) electrons. The van der Waals surface area contributed by atoms with Crippen molar-refractivity contribution in [3.63, 3.8) is 0 Å². The van der Waals surface area contributed by atoms with Crippen molar-refractivity contribution < 1.29 is 14.3 Å². The summed E-state index contributed by atoms with van der Waals surface area (Å²) in [4.78, 5) is 27.2. The third kappa shape index (κ3) is 3.03. The van der Waals surface area contributed by atoms with Crippen LogP contribution < -0.4 is 0 Å². The van der Waals surface area contributed by atoms with E-state index in [1.807, 2.05) is 18.4 Å². The molecule has 1 amide bonds. The van der Waals surface area contributed by atoms with E-state index in [0.29, 0.717) is 19.4 Å². The molecule has 110 valence electrons. The Morgan fingerprint density at radius 1 is 1.50 bits per heavy atom. The Hall–Kier alpha value is -1.36. The van der Waals surface area contributed by atoms with Gasteiger partial charge in [0.2, 0.25) is 5.91 Å². The molecule has 1 fully saturated rings. The normalized spacial score (nSPS) is 22.0. The zero-order valence-electron chi connectivity index (χ0n) is 12.1. The maximum Gasteiger partial charge on any atom is 0.331 e. The van der Waals surface area contributed by atoms with Gasteiger partial charge in [-0.3, -0.25) is 4.79 Å². The Morgan fingerprint density at radius 2 is 2.30 bits per heavy atom. The third-order valence-corrected chi connectivity index (χ3v) is 4.90. The van der Waals surface area contributed by atoms with Crippen molar-refractivity contribution in [2.45, 2.75) is 44.6 Å². The highest BCUT2D eigenvalue weighted by Gasteiger charge is 2.46. The minimum atomic E-state index is -0.769. The fourth-order valence-corrected chi connectivity index (χ4v) is 3.55. The van der Waals surface area contributed by atoms with Crippen molar-refractivity contribution in [1.82, 2.24) is 4.90 Å². The smallest absolute Gasteiger partial charge is 0.331 e. The SMILES string of the molecule is COC(=O)[C@]1(C)CCCN1C(=O)CCCc1cccs1. The summed E-state index contributed by atoms with van der Waals surface area (Å²) >= 11 is 1.72. The van der Waals surface area contributed by atoms with Gasteiger partial charge in [-0.25, -0.2) is 4.79 Å². The quantitative estimate of drug-likeness (QED) is 0.785. The van der Waals surface area contributed by atoms with E-state index >= 15 is 0 Å². The number of hydrogen-bond acceptors (Lipinski definition) is 4. The molecule has 20 heavy (non-hydrogen) atoms. The number of nitrogens with zero attached hydrogens (tertiary/aromatic N) is 1. The number of thiophene rings is 1. The summed E-state index contributed by atoms with van der Waals surface area (Å²) in [5.41, 5.74) is -0.769. The van der Waals surface area contributed by atoms with E-state index in [4.69, 9.17) is 4.74 Å². The number of amides is 1. The summed E-state index contributed by atoms with van der Waals surface area (Å²) in [7, 11) is 1.38. The largest absolute Gasteiger partial charge is 0.467 e. The molecule has 1 aromatic heterocycles. The number of carbonyl (C=O) groups is 2. The fraction of sp³-hybridized carbons (Fsp3) is 0.600. The number of rotatable bonds is 5. The minimum absolute atomic E-state index is 0.0620. The van der Waals surface area contributed by atoms with Crippen LogP contribution in [0.25, 0.3) is 0 Å². The van der Waals surface area contributed by atoms with Crippen molar-refractivity contribution in [2.24, 2.45) is 0 Å². The first-order valence-corrected chi connectivity index (χ1v) is 7.87. The highest BCUT2D eigenvalue weighted by atomic mass is 32.1. The van der Waals surface area contributed by atoms with E-state index in [1.54, 1.807) is 16.2 Å². The van der Waals surface area contributed by atoms with Gasteiger partial charge < -0.3 is 9.64 Å². The first kappa shape index (κ1) is 15.0. The fourth-order valence-electron chi connectivity index (χ4n) is 2.80. The zero-order valence-corrected chi connectivity index (χ0v) is 12.9. The van der Waals surface area contributed by atoms with E-state index in [9.17, 15) is 9.59 Å². The van der Waals surface area contributed by atoms with Gasteiger partial charge in [0, 0.05) is 17.8 Å². The summed E-state index contributed by atoms with van der Waals surface area (Å²) < 4.78 is 4.85. The Kier molecular flexibility index (Phi) is 4.81. The second-order valence-corrected chi connectivity index (χ2v) is 6.38. The summed E-state index contributed by atoms with van der Waals surface area (Å²) in [6, 6.07) is 4.11. The van der Waals surface area contributed by atoms with Crippen molar-refractivity contribution in [3.05, 3.63) is 22.4 Å². The van der Waals surface area contributed by atoms with Gasteiger partial charge in [-0.2, -0.15) is 0 Å². The first-order chi connectivity index (χ1) is 9.58. The average Bonchev–Trinajstić information content (AvgIpc) is 3.07. The summed E-state index contributed by atoms with van der Waals surface area (Å²) in [5, 5.41) is 2.05. The standard InChI is InChI=1S/C15H21NO3S/c1-15(14(18)19-2)9-5-10-16(15)13(17)8-3-6-12-7-4-11-20-12/h4,7,11H,3,5-6,8-10H2,1-2H3/t15-/m0/s1. The maximum atomic E-state index is 12.3. The van der Waals surface area contributed by atoms with Crippen LogP contribution in [0, 0.1) is 0 Å². The van der Waals surface area contributed by atoms with Crippen molar-refractivity contribution in [2.75, 3.05) is 13.7 Å². The molecule has 0 spiro atoms. The Morgan fingerprint density at radius 3 is 2.95 bits per heavy atom. The molecule has 2 rings (SSSR count). The lowest BCUT2D eigenvalue weighted by atomic mass is 9.98. The van der Waals surface area contributed by atoms with Crippen molar-refractivity contribution in [1.29, 1.82) is 0 Å². The topological polar surface area (TPSA) is 46.6 Å². The molecule has 0 N–H and O–H groups in total. The molecule has 2 heterocycles. The molecule has 5 heteroatoms. The highest BCUT2D eigenvalue weighted by molar-refractivity contribution is 7.09. The number of hydrogen-bond donors (Lipinski definition) is 0. The lowest BCUT2D eigenvalue weighted by molar-refractivity contribution is -0.158. The summed E-state index contributed by atoms with van der Waals surface area (Å²) in [6.07, 6.45) is 3.79. The highest BCUT2D eigenvalue weighted by Crippen LogP contribution is 2.31. The van der Waals surface area contributed by atoms with Gasteiger partial charge >= 0.3 is 5.97 Å². The molecule has 0 aliphatic carbocycles. The van der Waals surface area contributed by atoms with Crippen LogP contribution in [-0.2, 0) is 20.7 Å². The Balaban J connectivity index is 1.89. The maximum absolute atomic E-state index is 12.3. The number of esters is 1. The molecular formula is C15H21NO3S. The molecule has 1 aromatic rings. The summed E-state index contributed by atoms with van der Waals surface area (Å²) in [6.45, 7) is 2.46. The summed E-state index contributed by atoms with van der Waals surface area (Å²) in [5.74, 6) is -0.242. The predicted molar refractivity (Wildman–Crippen MR) is 78.6 cm³/mol. The second-order valence-electron chi connectivity index (χ2n) is 5.35. The van der Waals surface area contributed by atoms with Crippen LogP contribution in [-0.4, -0.2) is 36.0 Å². The number of likely N-dealkylation sites (tertiary alicyclic amines) is 1. The van der Waals surface area contributed by atoms with E-state index in [2.05, 4.69) is 6.07 Å². The van der Waals surface area contributed by atoms with E-state index in [1.165, 1.54) is 12.0 Å². The number of aryl methyl sites for hydroxylation is 1. The van der Waals surface area contributed by atoms with Crippen LogP contribution in [0.3, 0.4) is 0 Å². The van der Waals surface area contributed by atoms with Crippen LogP contribution in [0.4, 0.5) is 0 Å².